The molecule has 0 spiro atoms. The third kappa shape index (κ3) is 4.96. The van der Waals surface area contributed by atoms with Gasteiger partial charge in [-0.3, -0.25) is 4.79 Å². The van der Waals surface area contributed by atoms with Crippen molar-refractivity contribution in [3.63, 3.8) is 0 Å². The number of carbonyl (C=O) groups is 1. The second-order valence-corrected chi connectivity index (χ2v) is 5.52. The van der Waals surface area contributed by atoms with E-state index in [0.29, 0.717) is 17.3 Å². The van der Waals surface area contributed by atoms with E-state index in [0.717, 1.165) is 0 Å². The van der Waals surface area contributed by atoms with Crippen molar-refractivity contribution in [3.8, 4) is 0 Å². The predicted octanol–water partition coefficient (Wildman–Crippen LogP) is 2.88. The maximum atomic E-state index is 11.8. The normalized spacial score (nSPS) is 12.4. The van der Waals surface area contributed by atoms with Crippen LogP contribution in [-0.2, 0) is 0 Å². The van der Waals surface area contributed by atoms with Gasteiger partial charge in [0.25, 0.3) is 5.91 Å². The summed E-state index contributed by atoms with van der Waals surface area (Å²) in [6.45, 7) is 14.2. The molecule has 1 heterocycles. The minimum Gasteiger partial charge on any atom is -0.445 e. The Morgan fingerprint density at radius 3 is 2.40 bits per heavy atom. The maximum Gasteiger partial charge on any atom is 0.273 e. The van der Waals surface area contributed by atoms with Crippen molar-refractivity contribution >= 4 is 5.91 Å². The zero-order valence-electron chi connectivity index (χ0n) is 13.7. The number of aliphatic hydroxyl groups excluding tert-OH is 1. The quantitative estimate of drug-likeness (QED) is 0.891. The highest BCUT2D eigenvalue weighted by Gasteiger charge is 2.28. The lowest BCUT2D eigenvalue weighted by Crippen LogP contribution is -2.27. The van der Waals surface area contributed by atoms with Crippen LogP contribution in [0.4, 0.5) is 0 Å². The molecule has 0 saturated heterocycles. The monoisotopic (exact) mass is 284 g/mol. The minimum absolute atomic E-state index is 0.0239. The van der Waals surface area contributed by atoms with Gasteiger partial charge >= 0.3 is 0 Å². The molecule has 1 amide bonds. The van der Waals surface area contributed by atoms with Crippen LogP contribution in [0.5, 0.6) is 0 Å². The molecular formula is C15H28N2O3. The number of aliphatic hydroxyl groups is 1. The average Bonchev–Trinajstić information content (AvgIpc) is 2.78. The first kappa shape index (κ1) is 18.6. The lowest BCUT2D eigenvalue weighted by Gasteiger charge is -2.24. The van der Waals surface area contributed by atoms with E-state index in [4.69, 9.17) is 9.52 Å². The third-order valence-electron chi connectivity index (χ3n) is 3.10. The van der Waals surface area contributed by atoms with E-state index in [-0.39, 0.29) is 30.4 Å². The van der Waals surface area contributed by atoms with Crippen LogP contribution in [0.15, 0.2) is 4.42 Å². The molecule has 0 aromatic carbocycles. The van der Waals surface area contributed by atoms with Crippen LogP contribution in [0.1, 0.15) is 69.6 Å². The molecule has 1 unspecified atom stereocenters. The molecule has 0 aliphatic carbocycles. The lowest BCUT2D eigenvalue weighted by molar-refractivity contribution is 0.0939. The molecule has 0 aliphatic rings. The summed E-state index contributed by atoms with van der Waals surface area (Å²) in [6.07, 6.45) is 0. The number of nitrogens with one attached hydrogen (secondary N) is 1. The highest BCUT2D eigenvalue weighted by Crippen LogP contribution is 2.34. The summed E-state index contributed by atoms with van der Waals surface area (Å²) in [7, 11) is 0. The number of rotatable bonds is 4. The van der Waals surface area contributed by atoms with Crippen molar-refractivity contribution in [2.24, 2.45) is 5.41 Å². The summed E-state index contributed by atoms with van der Waals surface area (Å²) < 4.78 is 5.57. The Bertz CT molecular complexity index is 419. The third-order valence-corrected chi connectivity index (χ3v) is 3.10. The highest BCUT2D eigenvalue weighted by molar-refractivity contribution is 5.93. The largest absolute Gasteiger partial charge is 0.445 e. The fourth-order valence-corrected chi connectivity index (χ4v) is 1.44. The van der Waals surface area contributed by atoms with Crippen molar-refractivity contribution in [1.29, 1.82) is 0 Å². The van der Waals surface area contributed by atoms with Gasteiger partial charge in [0.05, 0.1) is 6.61 Å². The number of carbonyl (C=O) groups excluding carboxylic acids is 1. The molecule has 0 saturated carbocycles. The van der Waals surface area contributed by atoms with Crippen LogP contribution < -0.4 is 5.32 Å². The average molecular weight is 284 g/mol. The summed E-state index contributed by atoms with van der Waals surface area (Å²) in [6, 6.07) is 0. The summed E-state index contributed by atoms with van der Waals surface area (Å²) in [4.78, 5) is 16.0. The SMILES string of the molecule is CC.Cc1oc(C(C)C(C)(C)C)nc1C(=O)NCCO. The number of amides is 1. The Labute approximate surface area is 121 Å². The molecule has 1 atom stereocenters. The van der Waals surface area contributed by atoms with Crippen LogP contribution in [0.25, 0.3) is 0 Å². The molecule has 20 heavy (non-hydrogen) atoms. The van der Waals surface area contributed by atoms with Gasteiger partial charge in [0.1, 0.15) is 5.76 Å². The van der Waals surface area contributed by atoms with Crippen LogP contribution in [0.2, 0.25) is 0 Å². The molecular weight excluding hydrogens is 256 g/mol. The van der Waals surface area contributed by atoms with Crippen LogP contribution >= 0.6 is 0 Å². The number of aromatic nitrogens is 1. The van der Waals surface area contributed by atoms with E-state index in [1.54, 1.807) is 6.92 Å². The molecule has 0 aliphatic heterocycles. The summed E-state index contributed by atoms with van der Waals surface area (Å²) in [5.41, 5.74) is 0.324. The van der Waals surface area contributed by atoms with Crippen molar-refractivity contribution in [2.75, 3.05) is 13.2 Å². The smallest absolute Gasteiger partial charge is 0.273 e. The zero-order valence-corrected chi connectivity index (χ0v) is 13.7. The molecule has 5 nitrogen and oxygen atoms in total. The van der Waals surface area contributed by atoms with E-state index in [2.05, 4.69) is 31.1 Å². The summed E-state index contributed by atoms with van der Waals surface area (Å²) >= 11 is 0. The molecule has 0 radical (unpaired) electrons. The van der Waals surface area contributed by atoms with E-state index in [1.165, 1.54) is 0 Å². The van der Waals surface area contributed by atoms with E-state index in [1.807, 2.05) is 20.8 Å². The topological polar surface area (TPSA) is 75.4 Å². The fourth-order valence-electron chi connectivity index (χ4n) is 1.44. The molecule has 1 aromatic heterocycles. The van der Waals surface area contributed by atoms with Gasteiger partial charge in [-0.1, -0.05) is 41.5 Å². The van der Waals surface area contributed by atoms with Crippen LogP contribution in [0, 0.1) is 12.3 Å². The van der Waals surface area contributed by atoms with Gasteiger partial charge in [-0.25, -0.2) is 4.98 Å². The lowest BCUT2D eigenvalue weighted by atomic mass is 9.82. The van der Waals surface area contributed by atoms with Crippen molar-refractivity contribution in [2.45, 2.75) is 54.4 Å². The standard InChI is InChI=1S/C13H22N2O3.C2H6/c1-8(13(3,4)5)12-15-10(9(2)18-12)11(17)14-6-7-16;1-2/h8,16H,6-7H2,1-5H3,(H,14,17);1-2H3. The van der Waals surface area contributed by atoms with Crippen molar-refractivity contribution in [1.82, 2.24) is 10.3 Å². The van der Waals surface area contributed by atoms with Gasteiger partial charge in [0, 0.05) is 12.5 Å². The highest BCUT2D eigenvalue weighted by atomic mass is 16.4. The zero-order chi connectivity index (χ0) is 15.9. The second-order valence-electron chi connectivity index (χ2n) is 5.52. The number of aryl methyl sites for hydroxylation is 1. The van der Waals surface area contributed by atoms with Gasteiger partial charge in [0.2, 0.25) is 0 Å². The van der Waals surface area contributed by atoms with Crippen LogP contribution in [-0.4, -0.2) is 29.1 Å². The Kier molecular flexibility index (Phi) is 7.50. The van der Waals surface area contributed by atoms with Crippen molar-refractivity contribution in [3.05, 3.63) is 17.3 Å². The maximum absolute atomic E-state index is 11.8. The number of hydrogen-bond donors (Lipinski definition) is 2. The van der Waals surface area contributed by atoms with Crippen LogP contribution in [0.3, 0.4) is 0 Å². The summed E-state index contributed by atoms with van der Waals surface area (Å²) in [5.74, 6) is 0.902. The molecule has 1 rings (SSSR count). The second kappa shape index (κ2) is 8.04. The molecule has 2 N–H and O–H groups in total. The summed E-state index contributed by atoms with van der Waals surface area (Å²) in [5, 5.41) is 11.2. The molecule has 116 valence electrons. The first-order valence-corrected chi connectivity index (χ1v) is 7.13. The Morgan fingerprint density at radius 1 is 1.40 bits per heavy atom. The number of nitrogens with zero attached hydrogens (tertiary/aromatic N) is 1. The molecule has 1 aromatic rings. The Balaban J connectivity index is 0.00000172. The van der Waals surface area contributed by atoms with Gasteiger partial charge < -0.3 is 14.8 Å². The van der Waals surface area contributed by atoms with E-state index in [9.17, 15) is 4.79 Å². The van der Waals surface area contributed by atoms with Gasteiger partial charge in [-0.05, 0) is 12.3 Å². The Hall–Kier alpha value is -1.36. The van der Waals surface area contributed by atoms with Gasteiger partial charge in [-0.15, -0.1) is 0 Å². The predicted molar refractivity (Wildman–Crippen MR) is 79.9 cm³/mol. The first-order valence-electron chi connectivity index (χ1n) is 7.13. The van der Waals surface area contributed by atoms with E-state index < -0.39 is 0 Å². The molecule has 0 bridgehead atoms. The van der Waals surface area contributed by atoms with Gasteiger partial charge in [0.15, 0.2) is 11.6 Å². The first-order chi connectivity index (χ1) is 9.27. The molecule has 0 fully saturated rings. The van der Waals surface area contributed by atoms with Crippen molar-refractivity contribution < 1.29 is 14.3 Å². The minimum atomic E-state index is -0.308. The number of hydrogen-bond acceptors (Lipinski definition) is 4. The molecule has 5 heteroatoms. The fraction of sp³-hybridized carbons (Fsp3) is 0.733. The van der Waals surface area contributed by atoms with E-state index >= 15 is 0 Å². The number of oxazole rings is 1. The Morgan fingerprint density at radius 2 is 1.95 bits per heavy atom. The van der Waals surface area contributed by atoms with Gasteiger partial charge in [-0.2, -0.15) is 0 Å².